The van der Waals surface area contributed by atoms with Crippen molar-refractivity contribution in [3.8, 4) is 11.3 Å². The van der Waals surface area contributed by atoms with Gasteiger partial charge in [0.15, 0.2) is 5.69 Å². The van der Waals surface area contributed by atoms with Crippen molar-refractivity contribution in [2.24, 2.45) is 0 Å². The number of nitrogens with zero attached hydrogens (tertiary/aromatic N) is 3. The van der Waals surface area contributed by atoms with Crippen molar-refractivity contribution in [2.75, 3.05) is 18.0 Å². The first-order valence-electron chi connectivity index (χ1n) is 10.9. The Morgan fingerprint density at radius 3 is 2.47 bits per heavy atom. The lowest BCUT2D eigenvalue weighted by Crippen LogP contribution is -2.37. The summed E-state index contributed by atoms with van der Waals surface area (Å²) in [6, 6.07) is 13.3. The van der Waals surface area contributed by atoms with Crippen molar-refractivity contribution in [1.82, 2.24) is 5.16 Å². The van der Waals surface area contributed by atoms with E-state index in [-0.39, 0.29) is 6.10 Å². The van der Waals surface area contributed by atoms with Crippen LogP contribution in [0.1, 0.15) is 42.9 Å². The van der Waals surface area contributed by atoms with Gasteiger partial charge < -0.3 is 14.2 Å². The van der Waals surface area contributed by atoms with Gasteiger partial charge in [0.2, 0.25) is 0 Å². The molecule has 0 radical (unpaired) electrons. The predicted octanol–water partition coefficient (Wildman–Crippen LogP) is 7.26. The number of piperidine rings is 1. The summed E-state index contributed by atoms with van der Waals surface area (Å²) in [6.07, 6.45) is 4.23. The summed E-state index contributed by atoms with van der Waals surface area (Å²) in [6.45, 7) is 9.45. The molecule has 1 aromatic heterocycles. The van der Waals surface area contributed by atoms with Crippen LogP contribution in [0.5, 0.6) is 0 Å². The smallest absolute Gasteiger partial charge is 0.189 e. The zero-order valence-corrected chi connectivity index (χ0v) is 19.1. The summed E-state index contributed by atoms with van der Waals surface area (Å²) in [5.41, 5.74) is 4.14. The molecule has 0 atom stereocenters. The molecule has 1 saturated carbocycles. The van der Waals surface area contributed by atoms with Crippen LogP contribution in [0.2, 0.25) is 10.0 Å². The molecular formula is C25H23Cl2N3O2. The molecule has 164 valence electrons. The molecule has 0 N–H and O–H groups in total. The van der Waals surface area contributed by atoms with Gasteiger partial charge in [-0.1, -0.05) is 46.6 Å². The fourth-order valence-electron chi connectivity index (χ4n) is 4.29. The van der Waals surface area contributed by atoms with E-state index in [1.54, 1.807) is 0 Å². The molecule has 7 heteroatoms. The Balaban J connectivity index is 1.29. The summed E-state index contributed by atoms with van der Waals surface area (Å²) in [7, 11) is 0. The average molecular weight is 468 g/mol. The molecule has 0 bridgehead atoms. The Bertz CT molecular complexity index is 1140. The van der Waals surface area contributed by atoms with Crippen LogP contribution in [0.25, 0.3) is 16.1 Å². The Morgan fingerprint density at radius 2 is 1.78 bits per heavy atom. The SMILES string of the molecule is [C-]#[N+]c1cccc(N2CCC(OCc3c(-c4c(Cl)cccc4Cl)noc3C3CC3)CC2)c1. The highest BCUT2D eigenvalue weighted by molar-refractivity contribution is 6.39. The highest BCUT2D eigenvalue weighted by atomic mass is 35.5. The highest BCUT2D eigenvalue weighted by Crippen LogP contribution is 2.46. The molecule has 2 aliphatic rings. The van der Waals surface area contributed by atoms with Crippen LogP contribution in [0, 0.1) is 6.57 Å². The Hall–Kier alpha value is -2.52. The zero-order valence-electron chi connectivity index (χ0n) is 17.6. The van der Waals surface area contributed by atoms with Crippen molar-refractivity contribution >= 4 is 34.6 Å². The number of ether oxygens (including phenoxy) is 1. The molecule has 1 aliphatic carbocycles. The van der Waals surface area contributed by atoms with Crippen LogP contribution in [-0.2, 0) is 11.3 Å². The molecule has 0 amide bonds. The largest absolute Gasteiger partial charge is 0.373 e. The third kappa shape index (κ3) is 4.36. The molecule has 1 saturated heterocycles. The maximum atomic E-state index is 7.22. The van der Waals surface area contributed by atoms with E-state index in [9.17, 15) is 0 Å². The molecule has 0 unspecified atom stereocenters. The van der Waals surface area contributed by atoms with Gasteiger partial charge in [-0.05, 0) is 49.9 Å². The second-order valence-corrected chi connectivity index (χ2v) is 9.19. The van der Waals surface area contributed by atoms with E-state index in [1.165, 1.54) is 0 Å². The highest BCUT2D eigenvalue weighted by Gasteiger charge is 2.34. The lowest BCUT2D eigenvalue weighted by Gasteiger charge is -2.33. The maximum Gasteiger partial charge on any atom is 0.189 e. The van der Waals surface area contributed by atoms with Gasteiger partial charge in [-0.2, -0.15) is 0 Å². The summed E-state index contributed by atoms with van der Waals surface area (Å²) < 4.78 is 12.1. The molecule has 1 aliphatic heterocycles. The van der Waals surface area contributed by atoms with E-state index in [1.807, 2.05) is 36.4 Å². The van der Waals surface area contributed by atoms with E-state index in [0.717, 1.165) is 55.8 Å². The van der Waals surface area contributed by atoms with Crippen LogP contribution in [0.4, 0.5) is 11.4 Å². The number of hydrogen-bond acceptors (Lipinski definition) is 4. The fraction of sp³-hybridized carbons (Fsp3) is 0.360. The second-order valence-electron chi connectivity index (χ2n) is 8.37. The zero-order chi connectivity index (χ0) is 22.1. The van der Waals surface area contributed by atoms with E-state index in [4.69, 9.17) is 39.0 Å². The molecule has 5 rings (SSSR count). The molecule has 2 aromatic carbocycles. The van der Waals surface area contributed by atoms with Crippen molar-refractivity contribution in [3.05, 3.63) is 75.3 Å². The average Bonchev–Trinajstić information content (AvgIpc) is 3.58. The maximum absolute atomic E-state index is 7.22. The molecular weight excluding hydrogens is 445 g/mol. The van der Waals surface area contributed by atoms with Gasteiger partial charge in [0.1, 0.15) is 11.5 Å². The fourth-order valence-corrected chi connectivity index (χ4v) is 4.87. The quantitative estimate of drug-likeness (QED) is 0.357. The Kier molecular flexibility index (Phi) is 6.10. The third-order valence-electron chi connectivity index (χ3n) is 6.20. The Labute approximate surface area is 197 Å². The van der Waals surface area contributed by atoms with Crippen LogP contribution in [0.3, 0.4) is 0 Å². The first-order chi connectivity index (χ1) is 15.6. The van der Waals surface area contributed by atoms with E-state index >= 15 is 0 Å². The number of aromatic nitrogens is 1. The second kappa shape index (κ2) is 9.15. The summed E-state index contributed by atoms with van der Waals surface area (Å²) in [4.78, 5) is 5.85. The van der Waals surface area contributed by atoms with Gasteiger partial charge in [0.25, 0.3) is 0 Å². The Morgan fingerprint density at radius 1 is 1.06 bits per heavy atom. The van der Waals surface area contributed by atoms with E-state index in [2.05, 4.69) is 21.0 Å². The minimum absolute atomic E-state index is 0.159. The predicted molar refractivity (Wildman–Crippen MR) is 127 cm³/mol. The standard InChI is InChI=1S/C25H23Cl2N3O2/c1-28-17-4-2-5-18(14-17)30-12-10-19(11-13-30)31-15-20-24(29-32-25(20)16-8-9-16)23-21(26)6-3-7-22(23)27/h2-7,14,16,19H,8-13,15H2. The number of hydrogen-bond donors (Lipinski definition) is 0. The van der Waals surface area contributed by atoms with Crippen LogP contribution < -0.4 is 4.90 Å². The number of benzene rings is 2. The molecule has 2 heterocycles. The minimum atomic E-state index is 0.159. The van der Waals surface area contributed by atoms with Crippen molar-refractivity contribution < 1.29 is 9.26 Å². The normalized spacial score (nSPS) is 16.8. The topological polar surface area (TPSA) is 42.9 Å². The minimum Gasteiger partial charge on any atom is -0.373 e. The van der Waals surface area contributed by atoms with E-state index < -0.39 is 0 Å². The van der Waals surface area contributed by atoms with Crippen LogP contribution >= 0.6 is 23.2 Å². The molecule has 0 spiro atoms. The van der Waals surface area contributed by atoms with E-state index in [0.29, 0.717) is 39.5 Å². The monoisotopic (exact) mass is 467 g/mol. The van der Waals surface area contributed by atoms with Gasteiger partial charge in [-0.3, -0.25) is 0 Å². The summed E-state index contributed by atoms with van der Waals surface area (Å²) in [5.74, 6) is 1.32. The van der Waals surface area contributed by atoms with Gasteiger partial charge >= 0.3 is 0 Å². The molecule has 5 nitrogen and oxygen atoms in total. The first kappa shape index (κ1) is 21.3. The lowest BCUT2D eigenvalue weighted by molar-refractivity contribution is 0.0246. The molecule has 2 fully saturated rings. The van der Waals surface area contributed by atoms with Crippen molar-refractivity contribution in [2.45, 2.75) is 44.3 Å². The molecule has 32 heavy (non-hydrogen) atoms. The van der Waals surface area contributed by atoms with Crippen molar-refractivity contribution in [1.29, 1.82) is 0 Å². The number of anilines is 1. The number of halogens is 2. The van der Waals surface area contributed by atoms with Gasteiger partial charge in [-0.25, -0.2) is 4.85 Å². The summed E-state index contributed by atoms with van der Waals surface area (Å²) >= 11 is 12.9. The van der Waals surface area contributed by atoms with Gasteiger partial charge in [0, 0.05) is 35.8 Å². The van der Waals surface area contributed by atoms with Crippen LogP contribution in [-0.4, -0.2) is 24.4 Å². The van der Waals surface area contributed by atoms with Gasteiger partial charge in [-0.15, -0.1) is 0 Å². The molecule has 3 aromatic rings. The van der Waals surface area contributed by atoms with Crippen LogP contribution in [0.15, 0.2) is 47.0 Å². The summed E-state index contributed by atoms with van der Waals surface area (Å²) in [5, 5.41) is 5.46. The van der Waals surface area contributed by atoms with Gasteiger partial charge in [0.05, 0.1) is 29.3 Å². The first-order valence-corrected chi connectivity index (χ1v) is 11.7. The number of rotatable bonds is 6. The lowest BCUT2D eigenvalue weighted by atomic mass is 10.0. The third-order valence-corrected chi connectivity index (χ3v) is 6.83. The van der Waals surface area contributed by atoms with Crippen molar-refractivity contribution in [3.63, 3.8) is 0 Å².